The highest BCUT2D eigenvalue weighted by Gasteiger charge is 2.20. The third-order valence-corrected chi connectivity index (χ3v) is 5.81. The van der Waals surface area contributed by atoms with Crippen molar-refractivity contribution in [3.05, 3.63) is 22.7 Å². The molecule has 0 unspecified atom stereocenters. The van der Waals surface area contributed by atoms with Crippen LogP contribution in [0.2, 0.25) is 0 Å². The van der Waals surface area contributed by atoms with Crippen LogP contribution in [-0.2, 0) is 10.0 Å². The first-order valence-electron chi connectivity index (χ1n) is 7.58. The van der Waals surface area contributed by atoms with E-state index in [0.717, 1.165) is 19.6 Å². The second-order valence-corrected chi connectivity index (χ2v) is 8.10. The molecule has 124 valence electrons. The normalized spacial score (nSPS) is 17.2. The monoisotopic (exact) mass is 390 g/mol. The highest BCUT2D eigenvalue weighted by atomic mass is 79.9. The number of nitrogens with one attached hydrogen (secondary N) is 1. The van der Waals surface area contributed by atoms with Crippen LogP contribution in [0.1, 0.15) is 25.7 Å². The smallest absolute Gasteiger partial charge is 0.244 e. The number of sulfonamides is 1. The molecule has 1 fully saturated rings. The SMILES string of the molecule is COc1ccc(Br)cc1S(=O)(=O)NCCN1CCCCCC1. The third-order valence-electron chi connectivity index (χ3n) is 3.83. The van der Waals surface area contributed by atoms with Crippen LogP contribution in [0.25, 0.3) is 0 Å². The summed E-state index contributed by atoms with van der Waals surface area (Å²) in [6.07, 6.45) is 4.95. The van der Waals surface area contributed by atoms with Crippen molar-refractivity contribution in [3.63, 3.8) is 0 Å². The fourth-order valence-electron chi connectivity index (χ4n) is 2.64. The van der Waals surface area contributed by atoms with Gasteiger partial charge in [0.25, 0.3) is 0 Å². The van der Waals surface area contributed by atoms with Gasteiger partial charge in [-0.15, -0.1) is 0 Å². The number of rotatable bonds is 6. The van der Waals surface area contributed by atoms with Crippen molar-refractivity contribution in [1.29, 1.82) is 0 Å². The Morgan fingerprint density at radius 3 is 2.55 bits per heavy atom. The summed E-state index contributed by atoms with van der Waals surface area (Å²) in [6.45, 7) is 3.28. The molecule has 0 amide bonds. The third kappa shape index (κ3) is 4.94. The molecule has 0 aromatic heterocycles. The van der Waals surface area contributed by atoms with Crippen LogP contribution in [0.15, 0.2) is 27.6 Å². The largest absolute Gasteiger partial charge is 0.495 e. The van der Waals surface area contributed by atoms with Crippen LogP contribution >= 0.6 is 15.9 Å². The zero-order valence-electron chi connectivity index (χ0n) is 12.8. The minimum absolute atomic E-state index is 0.167. The zero-order chi connectivity index (χ0) is 16.0. The van der Waals surface area contributed by atoms with Crippen molar-refractivity contribution in [2.45, 2.75) is 30.6 Å². The lowest BCUT2D eigenvalue weighted by atomic mass is 10.2. The Bertz CT molecular complexity index is 584. The van der Waals surface area contributed by atoms with E-state index >= 15 is 0 Å². The van der Waals surface area contributed by atoms with E-state index < -0.39 is 10.0 Å². The van der Waals surface area contributed by atoms with Crippen LogP contribution in [0.4, 0.5) is 0 Å². The van der Waals surface area contributed by atoms with E-state index in [1.54, 1.807) is 18.2 Å². The average molecular weight is 391 g/mol. The molecule has 0 bridgehead atoms. The van der Waals surface area contributed by atoms with Gasteiger partial charge in [-0.05, 0) is 44.1 Å². The molecular formula is C15H23BrN2O3S. The first-order chi connectivity index (χ1) is 10.5. The Labute approximate surface area is 141 Å². The fourth-order valence-corrected chi connectivity index (χ4v) is 4.36. The van der Waals surface area contributed by atoms with Crippen molar-refractivity contribution in [2.75, 3.05) is 33.3 Å². The summed E-state index contributed by atoms with van der Waals surface area (Å²) in [5.41, 5.74) is 0. The summed E-state index contributed by atoms with van der Waals surface area (Å²) in [7, 11) is -2.10. The minimum atomic E-state index is -3.57. The molecule has 5 nitrogen and oxygen atoms in total. The van der Waals surface area contributed by atoms with Crippen LogP contribution in [0.3, 0.4) is 0 Å². The van der Waals surface area contributed by atoms with E-state index in [9.17, 15) is 8.42 Å². The van der Waals surface area contributed by atoms with E-state index in [0.29, 0.717) is 16.8 Å². The average Bonchev–Trinajstić information content (AvgIpc) is 2.76. The number of nitrogens with zero attached hydrogens (tertiary/aromatic N) is 1. The van der Waals surface area contributed by atoms with E-state index in [1.165, 1.54) is 32.8 Å². The predicted molar refractivity (Wildman–Crippen MR) is 90.8 cm³/mol. The number of benzene rings is 1. The molecule has 22 heavy (non-hydrogen) atoms. The van der Waals surface area contributed by atoms with Crippen molar-refractivity contribution in [1.82, 2.24) is 9.62 Å². The molecule has 0 atom stereocenters. The van der Waals surface area contributed by atoms with Crippen molar-refractivity contribution >= 4 is 26.0 Å². The fraction of sp³-hybridized carbons (Fsp3) is 0.600. The van der Waals surface area contributed by atoms with E-state index in [-0.39, 0.29) is 4.90 Å². The molecule has 2 rings (SSSR count). The number of likely N-dealkylation sites (tertiary alicyclic amines) is 1. The molecule has 1 aliphatic heterocycles. The number of hydrogen-bond acceptors (Lipinski definition) is 4. The van der Waals surface area contributed by atoms with Gasteiger partial charge >= 0.3 is 0 Å². The topological polar surface area (TPSA) is 58.6 Å². The molecule has 0 aliphatic carbocycles. The Morgan fingerprint density at radius 2 is 1.91 bits per heavy atom. The summed E-state index contributed by atoms with van der Waals surface area (Å²) >= 11 is 3.30. The molecular weight excluding hydrogens is 368 g/mol. The molecule has 0 spiro atoms. The highest BCUT2D eigenvalue weighted by molar-refractivity contribution is 9.10. The van der Waals surface area contributed by atoms with Gasteiger partial charge in [-0.1, -0.05) is 28.8 Å². The Hall–Kier alpha value is -0.630. The zero-order valence-corrected chi connectivity index (χ0v) is 15.2. The van der Waals surface area contributed by atoms with Crippen LogP contribution < -0.4 is 9.46 Å². The van der Waals surface area contributed by atoms with Gasteiger partial charge in [-0.3, -0.25) is 0 Å². The second-order valence-electron chi connectivity index (χ2n) is 5.45. The van der Waals surface area contributed by atoms with Crippen LogP contribution in [-0.4, -0.2) is 46.6 Å². The maximum absolute atomic E-state index is 12.4. The van der Waals surface area contributed by atoms with Crippen molar-refractivity contribution in [3.8, 4) is 5.75 Å². The predicted octanol–water partition coefficient (Wildman–Crippen LogP) is 2.61. The molecule has 0 radical (unpaired) electrons. The summed E-state index contributed by atoms with van der Waals surface area (Å²) in [5, 5.41) is 0. The van der Waals surface area contributed by atoms with Gasteiger partial charge in [0.15, 0.2) is 0 Å². The molecule has 1 N–H and O–H groups in total. The van der Waals surface area contributed by atoms with Crippen molar-refractivity contribution in [2.24, 2.45) is 0 Å². The van der Waals surface area contributed by atoms with Gasteiger partial charge in [0.2, 0.25) is 10.0 Å². The Morgan fingerprint density at radius 1 is 1.23 bits per heavy atom. The second kappa shape index (κ2) is 8.29. The van der Waals surface area contributed by atoms with Crippen LogP contribution in [0, 0.1) is 0 Å². The lowest BCUT2D eigenvalue weighted by molar-refractivity contribution is 0.290. The summed E-state index contributed by atoms with van der Waals surface area (Å²) in [4.78, 5) is 2.49. The van der Waals surface area contributed by atoms with E-state index in [4.69, 9.17) is 4.74 Å². The molecule has 7 heteroatoms. The van der Waals surface area contributed by atoms with Gasteiger partial charge in [-0.25, -0.2) is 13.1 Å². The minimum Gasteiger partial charge on any atom is -0.495 e. The number of hydrogen-bond donors (Lipinski definition) is 1. The van der Waals surface area contributed by atoms with E-state index in [1.807, 2.05) is 0 Å². The van der Waals surface area contributed by atoms with Gasteiger partial charge in [0, 0.05) is 17.6 Å². The highest BCUT2D eigenvalue weighted by Crippen LogP contribution is 2.26. The van der Waals surface area contributed by atoms with Gasteiger partial charge in [0.1, 0.15) is 10.6 Å². The van der Waals surface area contributed by atoms with Gasteiger partial charge < -0.3 is 9.64 Å². The first kappa shape index (κ1) is 17.7. The number of halogens is 1. The summed E-state index contributed by atoms with van der Waals surface area (Å²) in [6, 6.07) is 4.97. The van der Waals surface area contributed by atoms with Crippen LogP contribution in [0.5, 0.6) is 5.75 Å². The molecule has 1 aromatic carbocycles. The Kier molecular flexibility index (Phi) is 6.67. The number of ether oxygens (including phenoxy) is 1. The lowest BCUT2D eigenvalue weighted by Crippen LogP contribution is -2.35. The summed E-state index contributed by atoms with van der Waals surface area (Å²) < 4.78 is 33.4. The summed E-state index contributed by atoms with van der Waals surface area (Å²) in [5.74, 6) is 0.352. The molecule has 1 aliphatic rings. The van der Waals surface area contributed by atoms with Gasteiger partial charge in [0.05, 0.1) is 7.11 Å². The van der Waals surface area contributed by atoms with E-state index in [2.05, 4.69) is 25.6 Å². The molecule has 1 saturated heterocycles. The maximum atomic E-state index is 12.4. The quantitative estimate of drug-likeness (QED) is 0.810. The maximum Gasteiger partial charge on any atom is 0.244 e. The standard InChI is InChI=1S/C15H23BrN2O3S/c1-21-14-7-6-13(16)12-15(14)22(19,20)17-8-11-18-9-4-2-3-5-10-18/h6-7,12,17H,2-5,8-11H2,1H3. The first-order valence-corrected chi connectivity index (χ1v) is 9.86. The van der Waals surface area contributed by atoms with Gasteiger partial charge in [-0.2, -0.15) is 0 Å². The molecule has 0 saturated carbocycles. The number of methoxy groups -OCH3 is 1. The Balaban J connectivity index is 1.97. The van der Waals surface area contributed by atoms with Crippen molar-refractivity contribution < 1.29 is 13.2 Å². The molecule has 1 heterocycles. The molecule has 1 aromatic rings. The lowest BCUT2D eigenvalue weighted by Gasteiger charge is -2.20.